The summed E-state index contributed by atoms with van der Waals surface area (Å²) in [4.78, 5) is 11.1. The Bertz CT molecular complexity index is 444. The molecule has 1 atom stereocenters. The van der Waals surface area contributed by atoms with Gasteiger partial charge in [0.1, 0.15) is 6.10 Å². The maximum atomic E-state index is 11.1. The standard InChI is InChI=1S/C12H16N2O4/c1-8(15)12(16)14-13-7-9-5-4-6-10(17-2)11(9)18-3/h4-8,15H,1-3H3,(H,14,16)/b13-7-/t8-/m0/s1. The Morgan fingerprint density at radius 2 is 2.17 bits per heavy atom. The first-order valence-corrected chi connectivity index (χ1v) is 5.32. The number of hydrogen-bond donors (Lipinski definition) is 2. The van der Waals surface area contributed by atoms with Crippen LogP contribution in [0.15, 0.2) is 23.3 Å². The highest BCUT2D eigenvalue weighted by Crippen LogP contribution is 2.29. The Kier molecular flexibility index (Phi) is 5.13. The number of aliphatic hydroxyl groups is 1. The van der Waals surface area contributed by atoms with Crippen molar-refractivity contribution in [3.8, 4) is 11.5 Å². The summed E-state index contributed by atoms with van der Waals surface area (Å²) in [5.74, 6) is 0.520. The van der Waals surface area contributed by atoms with E-state index in [4.69, 9.17) is 14.6 Å². The number of aliphatic hydroxyl groups excluding tert-OH is 1. The number of benzene rings is 1. The lowest BCUT2D eigenvalue weighted by Crippen LogP contribution is -2.28. The molecule has 0 aliphatic heterocycles. The molecule has 0 saturated heterocycles. The number of para-hydroxylation sites is 1. The fourth-order valence-electron chi connectivity index (χ4n) is 1.27. The van der Waals surface area contributed by atoms with E-state index in [2.05, 4.69) is 10.5 Å². The molecule has 2 N–H and O–H groups in total. The first-order valence-electron chi connectivity index (χ1n) is 5.32. The van der Waals surface area contributed by atoms with Gasteiger partial charge in [-0.1, -0.05) is 6.07 Å². The van der Waals surface area contributed by atoms with E-state index in [0.717, 1.165) is 0 Å². The number of nitrogens with one attached hydrogen (secondary N) is 1. The molecule has 1 amide bonds. The molecular formula is C12H16N2O4. The summed E-state index contributed by atoms with van der Waals surface area (Å²) in [6, 6.07) is 5.29. The summed E-state index contributed by atoms with van der Waals surface area (Å²) in [7, 11) is 3.05. The Morgan fingerprint density at radius 1 is 1.44 bits per heavy atom. The van der Waals surface area contributed by atoms with Crippen LogP contribution in [0.1, 0.15) is 12.5 Å². The average Bonchev–Trinajstić information content (AvgIpc) is 2.37. The van der Waals surface area contributed by atoms with Gasteiger partial charge in [-0.3, -0.25) is 4.79 Å². The molecule has 6 heteroatoms. The molecule has 1 aromatic rings. The summed E-state index contributed by atoms with van der Waals surface area (Å²) < 4.78 is 10.3. The number of ether oxygens (including phenoxy) is 2. The zero-order chi connectivity index (χ0) is 13.5. The molecular weight excluding hydrogens is 236 g/mol. The SMILES string of the molecule is COc1cccc(/C=N\NC(=O)[C@H](C)O)c1OC. The largest absolute Gasteiger partial charge is 0.493 e. The van der Waals surface area contributed by atoms with E-state index < -0.39 is 12.0 Å². The van der Waals surface area contributed by atoms with Gasteiger partial charge in [-0.25, -0.2) is 5.43 Å². The number of amides is 1. The van der Waals surface area contributed by atoms with E-state index >= 15 is 0 Å². The van der Waals surface area contributed by atoms with Gasteiger partial charge in [0.15, 0.2) is 11.5 Å². The van der Waals surface area contributed by atoms with Crippen molar-refractivity contribution in [2.24, 2.45) is 5.10 Å². The molecule has 98 valence electrons. The molecule has 0 aliphatic rings. The monoisotopic (exact) mass is 252 g/mol. The van der Waals surface area contributed by atoms with Gasteiger partial charge < -0.3 is 14.6 Å². The van der Waals surface area contributed by atoms with Crippen LogP contribution in [-0.4, -0.2) is 37.6 Å². The first kappa shape index (κ1) is 14.0. The minimum atomic E-state index is -1.10. The van der Waals surface area contributed by atoms with E-state index in [0.29, 0.717) is 17.1 Å². The van der Waals surface area contributed by atoms with Crippen LogP contribution in [0.5, 0.6) is 11.5 Å². The molecule has 6 nitrogen and oxygen atoms in total. The minimum Gasteiger partial charge on any atom is -0.493 e. The number of carbonyl (C=O) groups is 1. The van der Waals surface area contributed by atoms with E-state index in [-0.39, 0.29) is 0 Å². The molecule has 0 saturated carbocycles. The van der Waals surface area contributed by atoms with Gasteiger partial charge in [-0.2, -0.15) is 5.10 Å². The van der Waals surface area contributed by atoms with E-state index in [1.807, 2.05) is 0 Å². The van der Waals surface area contributed by atoms with Gasteiger partial charge in [0, 0.05) is 5.56 Å². The van der Waals surface area contributed by atoms with E-state index in [9.17, 15) is 4.79 Å². The summed E-state index contributed by atoms with van der Waals surface area (Å²) in [6.45, 7) is 1.36. The van der Waals surface area contributed by atoms with Crippen LogP contribution in [0, 0.1) is 0 Å². The average molecular weight is 252 g/mol. The Morgan fingerprint density at radius 3 is 2.72 bits per heavy atom. The van der Waals surface area contributed by atoms with Crippen LogP contribution >= 0.6 is 0 Å². The van der Waals surface area contributed by atoms with Gasteiger partial charge >= 0.3 is 0 Å². The third kappa shape index (κ3) is 3.46. The van der Waals surface area contributed by atoms with Gasteiger partial charge in [0.2, 0.25) is 0 Å². The van der Waals surface area contributed by atoms with Crippen molar-refractivity contribution in [2.75, 3.05) is 14.2 Å². The lowest BCUT2D eigenvalue weighted by molar-refractivity contribution is -0.128. The lowest BCUT2D eigenvalue weighted by Gasteiger charge is -2.09. The topological polar surface area (TPSA) is 80.2 Å². The quantitative estimate of drug-likeness (QED) is 0.592. The Labute approximate surface area is 105 Å². The Balaban J connectivity index is 2.84. The van der Waals surface area contributed by atoms with Crippen molar-refractivity contribution < 1.29 is 19.4 Å². The number of methoxy groups -OCH3 is 2. The summed E-state index contributed by atoms with van der Waals surface area (Å²) in [6.07, 6.45) is 0.316. The highest BCUT2D eigenvalue weighted by atomic mass is 16.5. The normalized spacial score (nSPS) is 12.2. The fourth-order valence-corrected chi connectivity index (χ4v) is 1.27. The molecule has 1 rings (SSSR count). The van der Waals surface area contributed by atoms with Crippen LogP contribution < -0.4 is 14.9 Å². The van der Waals surface area contributed by atoms with E-state index in [1.165, 1.54) is 27.4 Å². The van der Waals surface area contributed by atoms with Crippen LogP contribution in [0.2, 0.25) is 0 Å². The van der Waals surface area contributed by atoms with Crippen molar-refractivity contribution in [1.82, 2.24) is 5.43 Å². The lowest BCUT2D eigenvalue weighted by atomic mass is 10.2. The second kappa shape index (κ2) is 6.61. The third-order valence-electron chi connectivity index (χ3n) is 2.19. The molecule has 0 unspecified atom stereocenters. The highest BCUT2D eigenvalue weighted by Gasteiger charge is 2.08. The number of nitrogens with zero attached hydrogens (tertiary/aromatic N) is 1. The summed E-state index contributed by atoms with van der Waals surface area (Å²) >= 11 is 0. The minimum absolute atomic E-state index is 0.523. The van der Waals surface area contributed by atoms with Crippen LogP contribution in [-0.2, 0) is 4.79 Å². The van der Waals surface area contributed by atoms with Crippen molar-refractivity contribution in [3.63, 3.8) is 0 Å². The van der Waals surface area contributed by atoms with Crippen LogP contribution in [0.3, 0.4) is 0 Å². The smallest absolute Gasteiger partial charge is 0.268 e. The maximum Gasteiger partial charge on any atom is 0.268 e. The number of rotatable bonds is 5. The van der Waals surface area contributed by atoms with Gasteiger partial charge in [-0.05, 0) is 19.1 Å². The Hall–Kier alpha value is -2.08. The number of carbonyl (C=O) groups excluding carboxylic acids is 1. The molecule has 0 heterocycles. The zero-order valence-corrected chi connectivity index (χ0v) is 10.5. The predicted molar refractivity (Wildman–Crippen MR) is 67.0 cm³/mol. The van der Waals surface area contributed by atoms with Crippen molar-refractivity contribution in [2.45, 2.75) is 13.0 Å². The highest BCUT2D eigenvalue weighted by molar-refractivity contribution is 5.87. The molecule has 0 aliphatic carbocycles. The molecule has 0 aromatic heterocycles. The second-order valence-corrected chi connectivity index (χ2v) is 3.49. The van der Waals surface area contributed by atoms with Gasteiger partial charge in [0.25, 0.3) is 5.91 Å². The van der Waals surface area contributed by atoms with Gasteiger partial charge in [0.05, 0.1) is 20.4 Å². The maximum absolute atomic E-state index is 11.1. The summed E-state index contributed by atoms with van der Waals surface area (Å²) in [5.41, 5.74) is 2.86. The molecule has 1 aromatic carbocycles. The first-order chi connectivity index (χ1) is 8.60. The van der Waals surface area contributed by atoms with Crippen LogP contribution in [0.4, 0.5) is 0 Å². The molecule has 0 spiro atoms. The molecule has 18 heavy (non-hydrogen) atoms. The van der Waals surface area contributed by atoms with Crippen molar-refractivity contribution >= 4 is 12.1 Å². The molecule has 0 fully saturated rings. The van der Waals surface area contributed by atoms with Crippen LogP contribution in [0.25, 0.3) is 0 Å². The number of hydrogen-bond acceptors (Lipinski definition) is 5. The predicted octanol–water partition coefficient (Wildman–Crippen LogP) is 0.535. The third-order valence-corrected chi connectivity index (χ3v) is 2.19. The van der Waals surface area contributed by atoms with Crippen molar-refractivity contribution in [3.05, 3.63) is 23.8 Å². The van der Waals surface area contributed by atoms with E-state index in [1.54, 1.807) is 18.2 Å². The van der Waals surface area contributed by atoms with Crippen molar-refractivity contribution in [1.29, 1.82) is 0 Å². The molecule has 0 radical (unpaired) electrons. The summed E-state index contributed by atoms with van der Waals surface area (Å²) in [5, 5.41) is 12.7. The second-order valence-electron chi connectivity index (χ2n) is 3.49. The number of hydrazone groups is 1. The molecule has 0 bridgehead atoms. The fraction of sp³-hybridized carbons (Fsp3) is 0.333. The van der Waals surface area contributed by atoms with Gasteiger partial charge in [-0.15, -0.1) is 0 Å². The zero-order valence-electron chi connectivity index (χ0n) is 10.5.